The number of amides is 1. The molecule has 1 fully saturated rings. The summed E-state index contributed by atoms with van der Waals surface area (Å²) in [5.74, 6) is 0.0950. The van der Waals surface area contributed by atoms with Crippen molar-refractivity contribution in [2.75, 3.05) is 24.9 Å². The van der Waals surface area contributed by atoms with Gasteiger partial charge in [-0.25, -0.2) is 8.42 Å². The molecular weight excluding hydrogens is 428 g/mol. The Morgan fingerprint density at radius 1 is 1.27 bits per heavy atom. The molecule has 162 valence electrons. The Hall–Kier alpha value is -2.29. The van der Waals surface area contributed by atoms with E-state index in [-0.39, 0.29) is 33.2 Å². The maximum absolute atomic E-state index is 13.1. The van der Waals surface area contributed by atoms with Gasteiger partial charge in [-0.05, 0) is 51.1 Å². The largest absolute Gasteiger partial charge is 0.495 e. The lowest BCUT2D eigenvalue weighted by Gasteiger charge is -2.41. The van der Waals surface area contributed by atoms with Gasteiger partial charge >= 0.3 is 0 Å². The van der Waals surface area contributed by atoms with Gasteiger partial charge in [0.15, 0.2) is 0 Å². The Morgan fingerprint density at radius 3 is 2.63 bits per heavy atom. The Morgan fingerprint density at radius 2 is 1.97 bits per heavy atom. The molecule has 2 aromatic rings. The molecule has 1 saturated heterocycles. The molecule has 0 aromatic heterocycles. The number of ether oxygens (including phenoxy) is 2. The molecule has 7 nitrogen and oxygen atoms in total. The number of halogens is 1. The molecule has 1 atom stereocenters. The van der Waals surface area contributed by atoms with Gasteiger partial charge in [-0.15, -0.1) is 0 Å². The van der Waals surface area contributed by atoms with Gasteiger partial charge in [-0.3, -0.25) is 9.52 Å². The summed E-state index contributed by atoms with van der Waals surface area (Å²) in [6, 6.07) is 10.9. The lowest BCUT2D eigenvalue weighted by molar-refractivity contribution is -0.118. The van der Waals surface area contributed by atoms with Gasteiger partial charge in [0.1, 0.15) is 10.6 Å². The zero-order chi connectivity index (χ0) is 22.1. The van der Waals surface area contributed by atoms with Crippen molar-refractivity contribution >= 4 is 33.2 Å². The number of carbonyl (C=O) groups is 1. The summed E-state index contributed by atoms with van der Waals surface area (Å²) >= 11 is 6.18. The van der Waals surface area contributed by atoms with Crippen LogP contribution in [0.25, 0.3) is 0 Å². The maximum Gasteiger partial charge on any atom is 0.263 e. The van der Waals surface area contributed by atoms with Crippen LogP contribution in [-0.2, 0) is 14.8 Å². The van der Waals surface area contributed by atoms with Crippen LogP contribution in [0.2, 0.25) is 5.02 Å². The summed E-state index contributed by atoms with van der Waals surface area (Å²) in [7, 11) is -2.61. The molecule has 1 heterocycles. The van der Waals surface area contributed by atoms with Crippen LogP contribution in [0.5, 0.6) is 5.75 Å². The van der Waals surface area contributed by atoms with E-state index >= 15 is 0 Å². The summed E-state index contributed by atoms with van der Waals surface area (Å²) in [6.07, 6.45) is -0.125. The number of carbonyl (C=O) groups excluding carboxylic acids is 1. The van der Waals surface area contributed by atoms with Crippen molar-refractivity contribution in [1.82, 2.24) is 4.90 Å². The van der Waals surface area contributed by atoms with Crippen molar-refractivity contribution in [3.8, 4) is 5.75 Å². The average Bonchev–Trinajstić information content (AvgIpc) is 2.66. The van der Waals surface area contributed by atoms with E-state index in [4.69, 9.17) is 21.1 Å². The van der Waals surface area contributed by atoms with Crippen LogP contribution in [0.4, 0.5) is 5.69 Å². The molecule has 0 radical (unpaired) electrons. The number of methoxy groups -OCH3 is 1. The number of anilines is 1. The van der Waals surface area contributed by atoms with E-state index in [0.717, 1.165) is 0 Å². The first-order valence-electron chi connectivity index (χ1n) is 9.45. The predicted molar refractivity (Wildman–Crippen MR) is 116 cm³/mol. The van der Waals surface area contributed by atoms with E-state index in [2.05, 4.69) is 4.72 Å². The molecule has 1 amide bonds. The van der Waals surface area contributed by atoms with Gasteiger partial charge in [0.05, 0.1) is 29.5 Å². The number of sulfonamides is 1. The minimum Gasteiger partial charge on any atom is -0.495 e. The van der Waals surface area contributed by atoms with E-state index < -0.39 is 15.6 Å². The van der Waals surface area contributed by atoms with Gasteiger partial charge in [0, 0.05) is 18.7 Å². The van der Waals surface area contributed by atoms with Crippen LogP contribution < -0.4 is 9.46 Å². The minimum atomic E-state index is -4.05. The van der Waals surface area contributed by atoms with Gasteiger partial charge < -0.3 is 14.4 Å². The van der Waals surface area contributed by atoms with Crippen LogP contribution in [0.1, 0.15) is 31.1 Å². The Kier molecular flexibility index (Phi) is 6.31. The zero-order valence-electron chi connectivity index (χ0n) is 17.3. The number of para-hydroxylation sites is 2. The van der Waals surface area contributed by atoms with Crippen LogP contribution in [0.3, 0.4) is 0 Å². The Labute approximate surface area is 182 Å². The highest BCUT2D eigenvalue weighted by Crippen LogP contribution is 2.30. The normalized spacial score (nSPS) is 18.7. The molecular formula is C21H25ClN2O5S. The second-order valence-electron chi connectivity index (χ2n) is 7.82. The summed E-state index contributed by atoms with van der Waals surface area (Å²) < 4.78 is 39.5. The summed E-state index contributed by atoms with van der Waals surface area (Å²) in [6.45, 7) is 6.55. The fraction of sp³-hybridized carbons (Fsp3) is 0.381. The van der Waals surface area contributed by atoms with Crippen LogP contribution in [0, 0.1) is 0 Å². The van der Waals surface area contributed by atoms with Crippen molar-refractivity contribution in [3.63, 3.8) is 0 Å². The number of morpholine rings is 1. The van der Waals surface area contributed by atoms with E-state index in [1.807, 2.05) is 20.8 Å². The van der Waals surface area contributed by atoms with E-state index in [1.54, 1.807) is 29.2 Å². The molecule has 30 heavy (non-hydrogen) atoms. The molecule has 0 saturated carbocycles. The highest BCUT2D eigenvalue weighted by Gasteiger charge is 2.34. The standard InChI is InChI=1S/C21H25ClN2O5S/c1-14-12-24(13-21(2,3)29-14)20(25)15-9-10-16(22)19(11-15)30(26,27)23-17-7-5-6-8-18(17)28-4/h5-11,14,23H,12-13H2,1-4H3. The predicted octanol–water partition coefficient (Wildman–Crippen LogP) is 3.79. The molecule has 9 heteroatoms. The van der Waals surface area contributed by atoms with E-state index in [9.17, 15) is 13.2 Å². The number of hydrogen-bond acceptors (Lipinski definition) is 5. The molecule has 0 aliphatic carbocycles. The smallest absolute Gasteiger partial charge is 0.263 e. The van der Waals surface area contributed by atoms with Gasteiger partial charge in [-0.1, -0.05) is 23.7 Å². The first-order chi connectivity index (χ1) is 14.0. The maximum atomic E-state index is 13.1. The number of rotatable bonds is 5. The quantitative estimate of drug-likeness (QED) is 0.746. The Balaban J connectivity index is 1.92. The molecule has 1 N–H and O–H groups in total. The highest BCUT2D eigenvalue weighted by atomic mass is 35.5. The third kappa shape index (κ3) is 4.88. The molecule has 0 bridgehead atoms. The molecule has 1 aliphatic heterocycles. The van der Waals surface area contributed by atoms with Crippen molar-refractivity contribution in [1.29, 1.82) is 0 Å². The monoisotopic (exact) mass is 452 g/mol. The molecule has 1 unspecified atom stereocenters. The number of benzene rings is 2. The number of nitrogens with one attached hydrogen (secondary N) is 1. The molecule has 0 spiro atoms. The van der Waals surface area contributed by atoms with Crippen molar-refractivity contribution < 1.29 is 22.7 Å². The topological polar surface area (TPSA) is 84.9 Å². The Bertz CT molecular complexity index is 1060. The van der Waals surface area contributed by atoms with E-state index in [0.29, 0.717) is 18.8 Å². The second kappa shape index (κ2) is 8.45. The van der Waals surface area contributed by atoms with Crippen molar-refractivity contribution in [3.05, 3.63) is 53.1 Å². The first kappa shape index (κ1) is 22.4. The fourth-order valence-corrected chi connectivity index (χ4v) is 5.16. The summed E-state index contributed by atoms with van der Waals surface area (Å²) in [4.78, 5) is 14.6. The summed E-state index contributed by atoms with van der Waals surface area (Å²) in [5, 5.41) is 0.0182. The molecule has 2 aromatic carbocycles. The van der Waals surface area contributed by atoms with E-state index in [1.165, 1.54) is 25.3 Å². The average molecular weight is 453 g/mol. The van der Waals surface area contributed by atoms with Gasteiger partial charge in [0.2, 0.25) is 0 Å². The summed E-state index contributed by atoms with van der Waals surface area (Å²) in [5.41, 5.74) is 0.0290. The lowest BCUT2D eigenvalue weighted by Crippen LogP contribution is -2.53. The van der Waals surface area contributed by atoms with Crippen LogP contribution in [0.15, 0.2) is 47.4 Å². The fourth-order valence-electron chi connectivity index (χ4n) is 3.56. The van der Waals surface area contributed by atoms with Crippen molar-refractivity contribution in [2.24, 2.45) is 0 Å². The number of nitrogens with zero attached hydrogens (tertiary/aromatic N) is 1. The third-order valence-corrected chi connectivity index (χ3v) is 6.52. The number of hydrogen-bond donors (Lipinski definition) is 1. The van der Waals surface area contributed by atoms with Crippen LogP contribution >= 0.6 is 11.6 Å². The first-order valence-corrected chi connectivity index (χ1v) is 11.3. The third-order valence-electron chi connectivity index (χ3n) is 4.68. The minimum absolute atomic E-state index is 0.0182. The molecule has 1 aliphatic rings. The molecule has 3 rings (SSSR count). The van der Waals surface area contributed by atoms with Gasteiger partial charge in [-0.2, -0.15) is 0 Å². The lowest BCUT2D eigenvalue weighted by atomic mass is 10.0. The second-order valence-corrected chi connectivity index (χ2v) is 9.88. The SMILES string of the molecule is COc1ccccc1NS(=O)(=O)c1cc(C(=O)N2CC(C)OC(C)(C)C2)ccc1Cl. The van der Waals surface area contributed by atoms with Crippen LogP contribution in [-0.4, -0.2) is 51.1 Å². The zero-order valence-corrected chi connectivity index (χ0v) is 18.9. The van der Waals surface area contributed by atoms with Gasteiger partial charge in [0.25, 0.3) is 15.9 Å². The highest BCUT2D eigenvalue weighted by molar-refractivity contribution is 7.92. The van der Waals surface area contributed by atoms with Crippen molar-refractivity contribution in [2.45, 2.75) is 37.4 Å².